The predicted molar refractivity (Wildman–Crippen MR) is 89.3 cm³/mol. The fourth-order valence-corrected chi connectivity index (χ4v) is 3.02. The number of rotatable bonds is 2. The lowest BCUT2D eigenvalue weighted by atomic mass is 9.93. The molecule has 2 aromatic rings. The van der Waals surface area contributed by atoms with Crippen LogP contribution in [0.5, 0.6) is 0 Å². The molecule has 2 amide bonds. The lowest BCUT2D eigenvalue weighted by Crippen LogP contribution is -2.51. The molecule has 0 saturated carbocycles. The Morgan fingerprint density at radius 3 is 2.39 bits per heavy atom. The fourth-order valence-electron chi connectivity index (χ4n) is 2.90. The zero-order valence-corrected chi connectivity index (χ0v) is 13.5. The molecule has 3 rings (SSSR count). The molecule has 0 unspecified atom stereocenters. The van der Waals surface area contributed by atoms with Gasteiger partial charge in [0.25, 0.3) is 5.91 Å². The maximum Gasteiger partial charge on any atom is 0.254 e. The zero-order chi connectivity index (χ0) is 16.4. The third-order valence-corrected chi connectivity index (χ3v) is 4.40. The van der Waals surface area contributed by atoms with E-state index in [0.29, 0.717) is 23.6 Å². The molecular weight excluding hydrogens is 312 g/mol. The summed E-state index contributed by atoms with van der Waals surface area (Å²) in [6.45, 7) is 0.426. The number of nitrogens with one attached hydrogen (secondary N) is 1. The van der Waals surface area contributed by atoms with Crippen molar-refractivity contribution in [1.29, 1.82) is 0 Å². The Morgan fingerprint density at radius 1 is 1.09 bits per heavy atom. The average molecular weight is 329 g/mol. The van der Waals surface area contributed by atoms with Crippen molar-refractivity contribution in [3.05, 3.63) is 70.2 Å². The molecule has 5 heteroatoms. The molecule has 0 fully saturated rings. The first kappa shape index (κ1) is 15.6. The predicted octanol–water partition coefficient (Wildman–Crippen LogP) is 2.65. The van der Waals surface area contributed by atoms with Gasteiger partial charge >= 0.3 is 0 Å². The molecule has 1 aliphatic rings. The van der Waals surface area contributed by atoms with Crippen molar-refractivity contribution in [2.75, 3.05) is 7.05 Å². The van der Waals surface area contributed by atoms with Crippen LogP contribution in [0.1, 0.15) is 21.5 Å². The molecule has 1 heterocycles. The van der Waals surface area contributed by atoms with Crippen LogP contribution in [0.4, 0.5) is 0 Å². The van der Waals surface area contributed by atoms with Crippen molar-refractivity contribution in [1.82, 2.24) is 10.2 Å². The summed E-state index contributed by atoms with van der Waals surface area (Å²) < 4.78 is 0. The van der Waals surface area contributed by atoms with Crippen molar-refractivity contribution in [3.8, 4) is 0 Å². The zero-order valence-electron chi connectivity index (χ0n) is 12.8. The van der Waals surface area contributed by atoms with E-state index >= 15 is 0 Å². The molecule has 4 nitrogen and oxygen atoms in total. The molecule has 23 heavy (non-hydrogen) atoms. The van der Waals surface area contributed by atoms with Crippen LogP contribution in [0, 0.1) is 0 Å². The Bertz CT molecular complexity index is 743. The molecule has 1 N–H and O–H groups in total. The van der Waals surface area contributed by atoms with Crippen LogP contribution in [-0.2, 0) is 17.8 Å². The van der Waals surface area contributed by atoms with Gasteiger partial charge in [-0.15, -0.1) is 0 Å². The number of amides is 2. The van der Waals surface area contributed by atoms with E-state index < -0.39 is 6.04 Å². The van der Waals surface area contributed by atoms with Crippen molar-refractivity contribution in [3.63, 3.8) is 0 Å². The van der Waals surface area contributed by atoms with Crippen molar-refractivity contribution < 1.29 is 9.59 Å². The second kappa shape index (κ2) is 6.42. The average Bonchev–Trinajstić information content (AvgIpc) is 2.60. The van der Waals surface area contributed by atoms with Crippen LogP contribution >= 0.6 is 11.6 Å². The maximum absolute atomic E-state index is 12.9. The van der Waals surface area contributed by atoms with E-state index in [1.54, 1.807) is 36.2 Å². The molecule has 0 radical (unpaired) electrons. The number of halogens is 1. The van der Waals surface area contributed by atoms with Gasteiger partial charge in [0.05, 0.1) is 0 Å². The summed E-state index contributed by atoms with van der Waals surface area (Å²) in [5, 5.41) is 3.23. The molecule has 1 aliphatic heterocycles. The SMILES string of the molecule is CNC(=O)[C@@H]1Cc2ccccc2CN1C(=O)c1ccc(Cl)cc1. The highest BCUT2D eigenvalue weighted by Gasteiger charge is 2.34. The Labute approximate surface area is 140 Å². The van der Waals surface area contributed by atoms with Crippen molar-refractivity contribution in [2.24, 2.45) is 0 Å². The van der Waals surface area contributed by atoms with E-state index in [1.165, 1.54) is 0 Å². The lowest BCUT2D eigenvalue weighted by molar-refractivity contribution is -0.125. The summed E-state index contributed by atoms with van der Waals surface area (Å²) in [5.41, 5.74) is 2.72. The van der Waals surface area contributed by atoms with Crippen LogP contribution in [-0.4, -0.2) is 29.8 Å². The van der Waals surface area contributed by atoms with Gasteiger partial charge in [0, 0.05) is 30.6 Å². The Balaban J connectivity index is 1.95. The molecule has 0 spiro atoms. The molecule has 0 aliphatic carbocycles. The highest BCUT2D eigenvalue weighted by Crippen LogP contribution is 2.25. The molecule has 0 saturated heterocycles. The van der Waals surface area contributed by atoms with Gasteiger partial charge in [0.15, 0.2) is 0 Å². The number of fused-ring (bicyclic) bond motifs is 1. The van der Waals surface area contributed by atoms with Gasteiger partial charge in [-0.05, 0) is 35.4 Å². The smallest absolute Gasteiger partial charge is 0.254 e. The van der Waals surface area contributed by atoms with Gasteiger partial charge in [0.1, 0.15) is 6.04 Å². The number of carbonyl (C=O) groups is 2. The van der Waals surface area contributed by atoms with Crippen LogP contribution in [0.15, 0.2) is 48.5 Å². The van der Waals surface area contributed by atoms with Gasteiger partial charge in [0.2, 0.25) is 5.91 Å². The number of hydrogen-bond acceptors (Lipinski definition) is 2. The summed E-state index contributed by atoms with van der Waals surface area (Å²) in [4.78, 5) is 26.7. The van der Waals surface area contributed by atoms with E-state index in [9.17, 15) is 9.59 Å². The number of nitrogens with zero attached hydrogens (tertiary/aromatic N) is 1. The summed E-state index contributed by atoms with van der Waals surface area (Å²) in [6, 6.07) is 14.1. The number of likely N-dealkylation sites (N-methyl/N-ethyl adjacent to an activating group) is 1. The molecule has 118 valence electrons. The number of hydrogen-bond donors (Lipinski definition) is 1. The highest BCUT2D eigenvalue weighted by molar-refractivity contribution is 6.30. The highest BCUT2D eigenvalue weighted by atomic mass is 35.5. The summed E-state index contributed by atoms with van der Waals surface area (Å²) in [7, 11) is 1.59. The van der Waals surface area contributed by atoms with E-state index in [4.69, 9.17) is 11.6 Å². The summed E-state index contributed by atoms with van der Waals surface area (Å²) in [5.74, 6) is -0.313. The third-order valence-electron chi connectivity index (χ3n) is 4.15. The summed E-state index contributed by atoms with van der Waals surface area (Å²) in [6.07, 6.45) is 0.523. The first-order valence-electron chi connectivity index (χ1n) is 7.45. The maximum atomic E-state index is 12.9. The Hall–Kier alpha value is -2.33. The first-order chi connectivity index (χ1) is 11.1. The molecule has 0 bridgehead atoms. The van der Waals surface area contributed by atoms with Gasteiger partial charge in [-0.2, -0.15) is 0 Å². The quantitative estimate of drug-likeness (QED) is 0.921. The molecule has 1 atom stereocenters. The van der Waals surface area contributed by atoms with Crippen LogP contribution < -0.4 is 5.32 Å². The van der Waals surface area contributed by atoms with Crippen molar-refractivity contribution >= 4 is 23.4 Å². The van der Waals surface area contributed by atoms with Gasteiger partial charge in [-0.1, -0.05) is 35.9 Å². The topological polar surface area (TPSA) is 49.4 Å². The number of carbonyl (C=O) groups excluding carboxylic acids is 2. The minimum atomic E-state index is -0.502. The van der Waals surface area contributed by atoms with E-state index in [1.807, 2.05) is 24.3 Å². The van der Waals surface area contributed by atoms with Gasteiger partial charge < -0.3 is 10.2 Å². The largest absolute Gasteiger partial charge is 0.357 e. The second-order valence-corrected chi connectivity index (χ2v) is 5.98. The first-order valence-corrected chi connectivity index (χ1v) is 7.83. The van der Waals surface area contributed by atoms with Gasteiger partial charge in [-0.25, -0.2) is 0 Å². The Kier molecular flexibility index (Phi) is 4.35. The third kappa shape index (κ3) is 3.08. The van der Waals surface area contributed by atoms with Crippen LogP contribution in [0.25, 0.3) is 0 Å². The molecule has 2 aromatic carbocycles. The van der Waals surface area contributed by atoms with Crippen LogP contribution in [0.2, 0.25) is 5.02 Å². The Morgan fingerprint density at radius 2 is 1.74 bits per heavy atom. The van der Waals surface area contributed by atoms with Gasteiger partial charge in [-0.3, -0.25) is 9.59 Å². The minimum Gasteiger partial charge on any atom is -0.357 e. The van der Waals surface area contributed by atoms with Crippen molar-refractivity contribution in [2.45, 2.75) is 19.0 Å². The summed E-state index contributed by atoms with van der Waals surface area (Å²) >= 11 is 5.88. The standard InChI is InChI=1S/C18H17ClN2O2/c1-20-17(22)16-10-13-4-2-3-5-14(13)11-21(16)18(23)12-6-8-15(19)9-7-12/h2-9,16H,10-11H2,1H3,(H,20,22)/t16-/m0/s1. The minimum absolute atomic E-state index is 0.151. The fraction of sp³-hybridized carbons (Fsp3) is 0.222. The van der Waals surface area contributed by atoms with Crippen LogP contribution in [0.3, 0.4) is 0 Å². The van der Waals surface area contributed by atoms with E-state index in [0.717, 1.165) is 11.1 Å². The van der Waals surface area contributed by atoms with E-state index in [2.05, 4.69) is 5.32 Å². The number of benzene rings is 2. The van der Waals surface area contributed by atoms with E-state index in [-0.39, 0.29) is 11.8 Å². The normalized spacial score (nSPS) is 16.6. The monoisotopic (exact) mass is 328 g/mol. The molecule has 0 aromatic heterocycles. The lowest BCUT2D eigenvalue weighted by Gasteiger charge is -2.35. The second-order valence-electron chi connectivity index (χ2n) is 5.54. The molecular formula is C18H17ClN2O2.